The number of carbonyl (C=O) groups is 1. The van der Waals surface area contributed by atoms with E-state index in [0.29, 0.717) is 6.61 Å². The Balaban J connectivity index is 1.84. The highest BCUT2D eigenvalue weighted by Crippen LogP contribution is 2.28. The van der Waals surface area contributed by atoms with E-state index in [0.717, 1.165) is 21.2 Å². The minimum absolute atomic E-state index is 0.110. The smallest absolute Gasteiger partial charge is 0.258 e. The molecule has 1 aliphatic rings. The summed E-state index contributed by atoms with van der Waals surface area (Å²) in [4.78, 5) is 12.4. The number of carbonyl (C=O) groups excluding carboxylic acids is 1. The summed E-state index contributed by atoms with van der Waals surface area (Å²) >= 11 is 2.21. The third-order valence-corrected chi connectivity index (χ3v) is 4.30. The van der Waals surface area contributed by atoms with Gasteiger partial charge in [-0.3, -0.25) is 4.79 Å². The molecule has 0 spiro atoms. The predicted octanol–water partition coefficient (Wildman–Crippen LogP) is 3.54. The third-order valence-electron chi connectivity index (χ3n) is 3.36. The van der Waals surface area contributed by atoms with E-state index in [1.54, 1.807) is 0 Å². The van der Waals surface area contributed by atoms with Gasteiger partial charge in [-0.15, -0.1) is 0 Å². The number of benzene rings is 2. The molecule has 3 nitrogen and oxygen atoms in total. The van der Waals surface area contributed by atoms with Crippen molar-refractivity contribution in [1.29, 1.82) is 0 Å². The van der Waals surface area contributed by atoms with Gasteiger partial charge in [0.25, 0.3) is 5.91 Å². The van der Waals surface area contributed by atoms with Crippen LogP contribution in [-0.4, -0.2) is 12.5 Å². The second kappa shape index (κ2) is 5.93. The molecule has 0 aromatic heterocycles. The fourth-order valence-electron chi connectivity index (χ4n) is 2.37. The maximum absolute atomic E-state index is 12.4. The first-order chi connectivity index (χ1) is 9.75. The van der Waals surface area contributed by atoms with Crippen molar-refractivity contribution in [2.45, 2.75) is 12.5 Å². The molecule has 0 bridgehead atoms. The first-order valence-electron chi connectivity index (χ1n) is 6.50. The van der Waals surface area contributed by atoms with Crippen LogP contribution in [0.1, 0.15) is 17.2 Å². The standard InChI is InChI=1S/C16H14INO2/c17-13-7-3-4-8-14(13)18-16(19)15-12-6-2-1-5-11(12)9-10-20-15/h1-8,15H,9-10H2,(H,18,19). The molecule has 2 aromatic rings. The van der Waals surface area contributed by atoms with Gasteiger partial charge in [0.15, 0.2) is 6.10 Å². The van der Waals surface area contributed by atoms with Crippen LogP contribution in [0.4, 0.5) is 5.69 Å². The van der Waals surface area contributed by atoms with E-state index in [1.165, 1.54) is 5.56 Å². The maximum Gasteiger partial charge on any atom is 0.258 e. The van der Waals surface area contributed by atoms with Gasteiger partial charge in [-0.25, -0.2) is 0 Å². The summed E-state index contributed by atoms with van der Waals surface area (Å²) in [6.07, 6.45) is 0.346. The highest BCUT2D eigenvalue weighted by molar-refractivity contribution is 14.1. The average molecular weight is 379 g/mol. The summed E-state index contributed by atoms with van der Waals surface area (Å²) in [5.41, 5.74) is 2.99. The number of rotatable bonds is 2. The Morgan fingerprint density at radius 1 is 1.15 bits per heavy atom. The number of nitrogens with one attached hydrogen (secondary N) is 1. The lowest BCUT2D eigenvalue weighted by Crippen LogP contribution is -2.28. The molecular weight excluding hydrogens is 365 g/mol. The second-order valence-corrected chi connectivity index (χ2v) is 5.83. The van der Waals surface area contributed by atoms with E-state index in [-0.39, 0.29) is 5.91 Å². The highest BCUT2D eigenvalue weighted by atomic mass is 127. The molecule has 1 atom stereocenters. The molecule has 2 aromatic carbocycles. The Kier molecular flexibility index (Phi) is 4.03. The topological polar surface area (TPSA) is 38.3 Å². The van der Waals surface area contributed by atoms with Crippen LogP contribution in [-0.2, 0) is 16.0 Å². The normalized spacial score (nSPS) is 17.4. The van der Waals surface area contributed by atoms with Gasteiger partial charge in [0.2, 0.25) is 0 Å². The summed E-state index contributed by atoms with van der Waals surface area (Å²) in [7, 11) is 0. The molecule has 3 rings (SSSR count). The number of halogens is 1. The van der Waals surface area contributed by atoms with Gasteiger partial charge in [0.05, 0.1) is 12.3 Å². The number of amides is 1. The largest absolute Gasteiger partial charge is 0.363 e. The van der Waals surface area contributed by atoms with Crippen LogP contribution >= 0.6 is 22.6 Å². The van der Waals surface area contributed by atoms with Crippen LogP contribution in [0.25, 0.3) is 0 Å². The quantitative estimate of drug-likeness (QED) is 0.811. The van der Waals surface area contributed by atoms with E-state index in [4.69, 9.17) is 4.74 Å². The molecular formula is C16H14INO2. The zero-order valence-electron chi connectivity index (χ0n) is 10.8. The number of para-hydroxylation sites is 1. The van der Waals surface area contributed by atoms with E-state index in [2.05, 4.69) is 34.0 Å². The van der Waals surface area contributed by atoms with Crippen molar-refractivity contribution in [2.75, 3.05) is 11.9 Å². The predicted molar refractivity (Wildman–Crippen MR) is 86.6 cm³/mol. The average Bonchev–Trinajstić information content (AvgIpc) is 2.49. The van der Waals surface area contributed by atoms with Crippen LogP contribution in [0.2, 0.25) is 0 Å². The zero-order chi connectivity index (χ0) is 13.9. The van der Waals surface area contributed by atoms with Gasteiger partial charge in [0, 0.05) is 3.57 Å². The second-order valence-electron chi connectivity index (χ2n) is 4.67. The Morgan fingerprint density at radius 2 is 1.90 bits per heavy atom. The number of anilines is 1. The zero-order valence-corrected chi connectivity index (χ0v) is 13.0. The van der Waals surface area contributed by atoms with Crippen molar-refractivity contribution >= 4 is 34.2 Å². The number of hydrogen-bond acceptors (Lipinski definition) is 2. The molecule has 4 heteroatoms. The maximum atomic E-state index is 12.4. The van der Waals surface area contributed by atoms with Gasteiger partial charge < -0.3 is 10.1 Å². The first kappa shape index (κ1) is 13.6. The fraction of sp³-hybridized carbons (Fsp3) is 0.188. The van der Waals surface area contributed by atoms with Crippen LogP contribution in [0.3, 0.4) is 0 Å². The molecule has 0 radical (unpaired) electrons. The monoisotopic (exact) mass is 379 g/mol. The van der Waals surface area contributed by atoms with Crippen LogP contribution in [0.5, 0.6) is 0 Å². The minimum Gasteiger partial charge on any atom is -0.363 e. The Morgan fingerprint density at radius 3 is 2.75 bits per heavy atom. The summed E-state index contributed by atoms with van der Waals surface area (Å²) in [5, 5.41) is 2.95. The van der Waals surface area contributed by atoms with Gasteiger partial charge in [-0.05, 0) is 52.3 Å². The van der Waals surface area contributed by atoms with Crippen LogP contribution < -0.4 is 5.32 Å². The van der Waals surface area contributed by atoms with Gasteiger partial charge in [0.1, 0.15) is 0 Å². The van der Waals surface area contributed by atoms with Crippen LogP contribution in [0.15, 0.2) is 48.5 Å². The molecule has 0 fully saturated rings. The van der Waals surface area contributed by atoms with E-state index < -0.39 is 6.10 Å². The Hall–Kier alpha value is -1.40. The van der Waals surface area contributed by atoms with E-state index >= 15 is 0 Å². The van der Waals surface area contributed by atoms with Crippen molar-refractivity contribution in [3.05, 3.63) is 63.2 Å². The van der Waals surface area contributed by atoms with Gasteiger partial charge >= 0.3 is 0 Å². The van der Waals surface area contributed by atoms with Crippen molar-refractivity contribution in [3.8, 4) is 0 Å². The number of ether oxygens (including phenoxy) is 1. The molecule has 0 saturated heterocycles. The Labute approximate surface area is 131 Å². The molecule has 1 unspecified atom stereocenters. The molecule has 1 N–H and O–H groups in total. The minimum atomic E-state index is -0.518. The lowest BCUT2D eigenvalue weighted by Gasteiger charge is -2.25. The molecule has 20 heavy (non-hydrogen) atoms. The lowest BCUT2D eigenvalue weighted by molar-refractivity contribution is -0.128. The number of hydrogen-bond donors (Lipinski definition) is 1. The molecule has 1 amide bonds. The summed E-state index contributed by atoms with van der Waals surface area (Å²) < 4.78 is 6.68. The SMILES string of the molecule is O=C(Nc1ccccc1I)C1OCCc2ccccc21. The Bertz CT molecular complexity index is 642. The van der Waals surface area contributed by atoms with E-state index in [9.17, 15) is 4.79 Å². The van der Waals surface area contributed by atoms with Gasteiger partial charge in [-0.1, -0.05) is 36.4 Å². The summed E-state index contributed by atoms with van der Waals surface area (Å²) in [5.74, 6) is -0.110. The van der Waals surface area contributed by atoms with Gasteiger partial charge in [-0.2, -0.15) is 0 Å². The lowest BCUT2D eigenvalue weighted by atomic mass is 9.97. The van der Waals surface area contributed by atoms with Crippen molar-refractivity contribution in [1.82, 2.24) is 0 Å². The molecule has 1 aliphatic heterocycles. The van der Waals surface area contributed by atoms with Crippen LogP contribution in [0, 0.1) is 3.57 Å². The molecule has 1 heterocycles. The number of fused-ring (bicyclic) bond motifs is 1. The third kappa shape index (κ3) is 2.71. The van der Waals surface area contributed by atoms with Crippen molar-refractivity contribution < 1.29 is 9.53 Å². The highest BCUT2D eigenvalue weighted by Gasteiger charge is 2.27. The summed E-state index contributed by atoms with van der Waals surface area (Å²) in [6.45, 7) is 0.584. The first-order valence-corrected chi connectivity index (χ1v) is 7.58. The molecule has 0 saturated carbocycles. The van der Waals surface area contributed by atoms with E-state index in [1.807, 2.05) is 42.5 Å². The van der Waals surface area contributed by atoms with Crippen molar-refractivity contribution in [3.63, 3.8) is 0 Å². The summed E-state index contributed by atoms with van der Waals surface area (Å²) in [6, 6.07) is 15.7. The van der Waals surface area contributed by atoms with Crippen molar-refractivity contribution in [2.24, 2.45) is 0 Å². The fourth-order valence-corrected chi connectivity index (χ4v) is 2.89. The molecule has 0 aliphatic carbocycles. The molecule has 102 valence electrons.